The maximum Gasteiger partial charge on any atom is 0.274 e. The lowest BCUT2D eigenvalue weighted by Crippen LogP contribution is -2.35. The molecule has 1 N–H and O–H groups in total. The molecular formula is C14H20FN3O2. The van der Waals surface area contributed by atoms with Gasteiger partial charge >= 0.3 is 0 Å². The minimum atomic E-state index is -0.471. The van der Waals surface area contributed by atoms with Crippen molar-refractivity contribution in [2.24, 2.45) is 0 Å². The molecule has 0 radical (unpaired) electrons. The summed E-state index contributed by atoms with van der Waals surface area (Å²) in [5.41, 5.74) is 0.366. The summed E-state index contributed by atoms with van der Waals surface area (Å²) in [6, 6.07) is 3.57. The fourth-order valence-corrected chi connectivity index (χ4v) is 2.52. The van der Waals surface area contributed by atoms with Crippen LogP contribution in [0.25, 0.3) is 0 Å². The summed E-state index contributed by atoms with van der Waals surface area (Å²) in [6.07, 6.45) is 3.80. The van der Waals surface area contributed by atoms with Gasteiger partial charge in [0.15, 0.2) is 0 Å². The quantitative estimate of drug-likeness (QED) is 0.494. The minimum Gasteiger partial charge on any atom is -0.311 e. The van der Waals surface area contributed by atoms with Gasteiger partial charge in [0, 0.05) is 31.3 Å². The van der Waals surface area contributed by atoms with Crippen LogP contribution in [0.1, 0.15) is 24.8 Å². The van der Waals surface area contributed by atoms with Gasteiger partial charge in [-0.1, -0.05) is 6.42 Å². The highest BCUT2D eigenvalue weighted by atomic mass is 19.1. The van der Waals surface area contributed by atoms with E-state index in [-0.39, 0.29) is 5.69 Å². The number of benzene rings is 1. The number of hydrogen-bond donors (Lipinski definition) is 1. The normalized spacial score (nSPS) is 16.2. The highest BCUT2D eigenvalue weighted by Gasteiger charge is 2.14. The molecule has 0 aliphatic carbocycles. The molecule has 20 heavy (non-hydrogen) atoms. The van der Waals surface area contributed by atoms with Gasteiger partial charge < -0.3 is 10.2 Å². The second kappa shape index (κ2) is 7.31. The lowest BCUT2D eigenvalue weighted by molar-refractivity contribution is -0.385. The molecule has 0 saturated carbocycles. The van der Waals surface area contributed by atoms with E-state index in [4.69, 9.17) is 0 Å². The van der Waals surface area contributed by atoms with E-state index in [0.717, 1.165) is 32.2 Å². The number of halogens is 1. The van der Waals surface area contributed by atoms with Crippen LogP contribution in [0.5, 0.6) is 0 Å². The zero-order chi connectivity index (χ0) is 14.4. The third-order valence-corrected chi connectivity index (χ3v) is 3.61. The van der Waals surface area contributed by atoms with Crippen LogP contribution >= 0.6 is 0 Å². The minimum absolute atomic E-state index is 0.0307. The van der Waals surface area contributed by atoms with Crippen molar-refractivity contribution in [3.8, 4) is 0 Å². The fraction of sp³-hybridized carbons (Fsp3) is 0.571. The van der Waals surface area contributed by atoms with Gasteiger partial charge in [0.05, 0.1) is 4.92 Å². The van der Waals surface area contributed by atoms with Crippen LogP contribution in [0.2, 0.25) is 0 Å². The largest absolute Gasteiger partial charge is 0.311 e. The molecule has 0 unspecified atom stereocenters. The summed E-state index contributed by atoms with van der Waals surface area (Å²) in [5.74, 6) is -0.441. The van der Waals surface area contributed by atoms with E-state index in [9.17, 15) is 14.5 Å². The van der Waals surface area contributed by atoms with Crippen molar-refractivity contribution >= 4 is 5.69 Å². The van der Waals surface area contributed by atoms with Crippen LogP contribution in [0, 0.1) is 15.9 Å². The Morgan fingerprint density at radius 3 is 2.75 bits per heavy atom. The molecular weight excluding hydrogens is 261 g/mol. The van der Waals surface area contributed by atoms with Crippen LogP contribution < -0.4 is 5.32 Å². The van der Waals surface area contributed by atoms with Crippen molar-refractivity contribution < 1.29 is 9.31 Å². The fourth-order valence-electron chi connectivity index (χ4n) is 2.52. The number of hydrogen-bond acceptors (Lipinski definition) is 4. The molecule has 1 aromatic rings. The van der Waals surface area contributed by atoms with Gasteiger partial charge in [0.1, 0.15) is 5.82 Å². The van der Waals surface area contributed by atoms with E-state index in [0.29, 0.717) is 12.1 Å². The van der Waals surface area contributed by atoms with Gasteiger partial charge in [-0.2, -0.15) is 0 Å². The first-order chi connectivity index (χ1) is 9.66. The zero-order valence-electron chi connectivity index (χ0n) is 11.5. The second-order valence-electron chi connectivity index (χ2n) is 5.11. The predicted molar refractivity (Wildman–Crippen MR) is 75.1 cm³/mol. The van der Waals surface area contributed by atoms with Gasteiger partial charge in [-0.3, -0.25) is 10.1 Å². The molecule has 0 spiro atoms. The van der Waals surface area contributed by atoms with E-state index in [1.165, 1.54) is 31.4 Å². The zero-order valence-corrected chi connectivity index (χ0v) is 11.5. The molecule has 0 atom stereocenters. The standard InChI is InChI=1S/C14H20FN3O2/c15-13-4-5-14(18(19)20)12(10-13)11-16-6-9-17-7-2-1-3-8-17/h4-5,10,16H,1-3,6-9,11H2. The van der Waals surface area contributed by atoms with E-state index < -0.39 is 10.7 Å². The summed E-state index contributed by atoms with van der Waals surface area (Å²) < 4.78 is 13.2. The molecule has 1 aromatic carbocycles. The molecule has 110 valence electrons. The number of nitrogens with one attached hydrogen (secondary N) is 1. The van der Waals surface area contributed by atoms with E-state index >= 15 is 0 Å². The first-order valence-corrected chi connectivity index (χ1v) is 7.03. The lowest BCUT2D eigenvalue weighted by Gasteiger charge is -2.26. The number of rotatable bonds is 6. The van der Waals surface area contributed by atoms with Crippen molar-refractivity contribution in [1.82, 2.24) is 10.2 Å². The third kappa shape index (κ3) is 4.25. The van der Waals surface area contributed by atoms with Gasteiger partial charge in [-0.15, -0.1) is 0 Å². The average molecular weight is 281 g/mol. The summed E-state index contributed by atoms with van der Waals surface area (Å²) >= 11 is 0. The van der Waals surface area contributed by atoms with Gasteiger partial charge in [-0.25, -0.2) is 4.39 Å². The van der Waals surface area contributed by atoms with Crippen molar-refractivity contribution in [1.29, 1.82) is 0 Å². The first-order valence-electron chi connectivity index (χ1n) is 7.03. The van der Waals surface area contributed by atoms with E-state index in [1.807, 2.05) is 0 Å². The molecule has 1 aliphatic rings. The molecule has 0 amide bonds. The van der Waals surface area contributed by atoms with Crippen molar-refractivity contribution in [3.63, 3.8) is 0 Å². The summed E-state index contributed by atoms with van der Waals surface area (Å²) in [6.45, 7) is 4.27. The monoisotopic (exact) mass is 281 g/mol. The Balaban J connectivity index is 1.81. The molecule has 0 aromatic heterocycles. The summed E-state index contributed by atoms with van der Waals surface area (Å²) in [4.78, 5) is 12.8. The maximum atomic E-state index is 13.2. The highest BCUT2D eigenvalue weighted by Crippen LogP contribution is 2.19. The predicted octanol–water partition coefficient (Wildman–Crippen LogP) is 2.31. The smallest absolute Gasteiger partial charge is 0.274 e. The van der Waals surface area contributed by atoms with Crippen LogP contribution in [0.4, 0.5) is 10.1 Å². The molecule has 2 rings (SSSR count). The topological polar surface area (TPSA) is 58.4 Å². The Bertz CT molecular complexity index is 462. The Morgan fingerprint density at radius 2 is 2.05 bits per heavy atom. The summed E-state index contributed by atoms with van der Waals surface area (Å²) in [5, 5.41) is 14.0. The Hall–Kier alpha value is -1.53. The lowest BCUT2D eigenvalue weighted by atomic mass is 10.1. The highest BCUT2D eigenvalue weighted by molar-refractivity contribution is 5.40. The van der Waals surface area contributed by atoms with Crippen LogP contribution in [0.15, 0.2) is 18.2 Å². The number of piperidine rings is 1. The molecule has 1 aliphatic heterocycles. The van der Waals surface area contributed by atoms with Crippen molar-refractivity contribution in [3.05, 3.63) is 39.7 Å². The molecule has 1 saturated heterocycles. The van der Waals surface area contributed by atoms with Crippen LogP contribution in [-0.2, 0) is 6.54 Å². The van der Waals surface area contributed by atoms with E-state index in [1.54, 1.807) is 0 Å². The van der Waals surface area contributed by atoms with Gasteiger partial charge in [0.2, 0.25) is 0 Å². The molecule has 5 nitrogen and oxygen atoms in total. The molecule has 0 bridgehead atoms. The number of likely N-dealkylation sites (tertiary alicyclic amines) is 1. The van der Waals surface area contributed by atoms with Crippen LogP contribution in [0.3, 0.4) is 0 Å². The molecule has 1 heterocycles. The number of nitro benzene ring substituents is 1. The number of nitro groups is 1. The maximum absolute atomic E-state index is 13.2. The third-order valence-electron chi connectivity index (χ3n) is 3.61. The molecule has 1 fully saturated rings. The van der Waals surface area contributed by atoms with Crippen LogP contribution in [-0.4, -0.2) is 36.0 Å². The first kappa shape index (κ1) is 14.9. The Kier molecular flexibility index (Phi) is 5.43. The Morgan fingerprint density at radius 1 is 1.30 bits per heavy atom. The average Bonchev–Trinajstić information content (AvgIpc) is 2.44. The van der Waals surface area contributed by atoms with Crippen molar-refractivity contribution in [2.45, 2.75) is 25.8 Å². The SMILES string of the molecule is O=[N+]([O-])c1ccc(F)cc1CNCCN1CCCCC1. The van der Waals surface area contributed by atoms with E-state index in [2.05, 4.69) is 10.2 Å². The number of nitrogens with zero attached hydrogens (tertiary/aromatic N) is 2. The van der Waals surface area contributed by atoms with Crippen molar-refractivity contribution in [2.75, 3.05) is 26.2 Å². The molecule has 6 heteroatoms. The second-order valence-corrected chi connectivity index (χ2v) is 5.11. The van der Waals surface area contributed by atoms with Gasteiger partial charge in [0.25, 0.3) is 5.69 Å². The Labute approximate surface area is 117 Å². The van der Waals surface area contributed by atoms with Gasteiger partial charge in [-0.05, 0) is 38.1 Å². The summed E-state index contributed by atoms with van der Waals surface area (Å²) in [7, 11) is 0.